The number of hydrogen-bond acceptors (Lipinski definition) is 2. The normalized spacial score (nSPS) is 20.2. The lowest BCUT2D eigenvalue weighted by molar-refractivity contribution is 0.271. The number of benzene rings is 1. The molecule has 1 aromatic rings. The van der Waals surface area contributed by atoms with Gasteiger partial charge in [0.1, 0.15) is 11.9 Å². The third kappa shape index (κ3) is 1.72. The Kier molecular flexibility index (Phi) is 2.44. The van der Waals surface area contributed by atoms with E-state index in [1.54, 1.807) is 30.4 Å². The summed E-state index contributed by atoms with van der Waals surface area (Å²) in [5, 5.41) is 19.5. The molecule has 0 fully saturated rings. The maximum Gasteiger partial charge on any atom is 0.123 e. The molecule has 2 N–H and O–H groups in total. The van der Waals surface area contributed by atoms with Crippen LogP contribution in [0.15, 0.2) is 54.6 Å². The molecule has 1 aliphatic rings. The fourth-order valence-electron chi connectivity index (χ4n) is 1.61. The Hall–Kier alpha value is -1.80. The highest BCUT2D eigenvalue weighted by Crippen LogP contribution is 2.31. The lowest BCUT2D eigenvalue weighted by Crippen LogP contribution is -2.13. The van der Waals surface area contributed by atoms with Gasteiger partial charge in [-0.2, -0.15) is 0 Å². The molecule has 2 rings (SSSR count). The summed E-state index contributed by atoms with van der Waals surface area (Å²) in [4.78, 5) is 0. The van der Waals surface area contributed by atoms with E-state index in [2.05, 4.69) is 6.58 Å². The van der Waals surface area contributed by atoms with Gasteiger partial charge in [-0.25, -0.2) is 0 Å². The zero-order valence-corrected chi connectivity index (χ0v) is 8.22. The molecule has 2 nitrogen and oxygen atoms in total. The average Bonchev–Trinajstić information content (AvgIpc) is 2.23. The van der Waals surface area contributed by atoms with Crippen LogP contribution >= 0.6 is 0 Å². The summed E-state index contributed by atoms with van der Waals surface area (Å²) in [6, 6.07) is 6.95. The standard InChI is InChI=1S/C13H12O2/c1-9-5-4-7-11(13(9)15)10-6-2-3-8-12(10)14/h2-8,13-15H,1H2. The van der Waals surface area contributed by atoms with Crippen LogP contribution in [0.5, 0.6) is 5.75 Å². The van der Waals surface area contributed by atoms with Crippen molar-refractivity contribution in [1.29, 1.82) is 0 Å². The van der Waals surface area contributed by atoms with Gasteiger partial charge in [-0.15, -0.1) is 0 Å². The Bertz CT molecular complexity index is 455. The van der Waals surface area contributed by atoms with Gasteiger partial charge < -0.3 is 10.2 Å². The predicted octanol–water partition coefficient (Wildman–Crippen LogP) is 2.26. The fourth-order valence-corrected chi connectivity index (χ4v) is 1.61. The molecule has 0 radical (unpaired) electrons. The van der Waals surface area contributed by atoms with Crippen LogP contribution in [-0.2, 0) is 0 Å². The van der Waals surface area contributed by atoms with E-state index in [4.69, 9.17) is 0 Å². The van der Waals surface area contributed by atoms with Crippen molar-refractivity contribution in [3.8, 4) is 5.75 Å². The predicted molar refractivity (Wildman–Crippen MR) is 60.4 cm³/mol. The lowest BCUT2D eigenvalue weighted by atomic mass is 9.91. The van der Waals surface area contributed by atoms with Gasteiger partial charge in [-0.3, -0.25) is 0 Å². The number of hydrogen-bond donors (Lipinski definition) is 2. The van der Waals surface area contributed by atoms with Crippen LogP contribution in [0.4, 0.5) is 0 Å². The molecular formula is C13H12O2. The Morgan fingerprint density at radius 1 is 1.20 bits per heavy atom. The molecule has 0 heterocycles. The van der Waals surface area contributed by atoms with Crippen molar-refractivity contribution in [2.75, 3.05) is 0 Å². The third-order valence-corrected chi connectivity index (χ3v) is 2.45. The van der Waals surface area contributed by atoms with E-state index >= 15 is 0 Å². The largest absolute Gasteiger partial charge is 0.507 e. The van der Waals surface area contributed by atoms with E-state index in [-0.39, 0.29) is 5.75 Å². The summed E-state index contributed by atoms with van der Waals surface area (Å²) in [5.41, 5.74) is 1.96. The zero-order chi connectivity index (χ0) is 10.8. The Morgan fingerprint density at radius 3 is 2.67 bits per heavy atom. The molecule has 0 aromatic heterocycles. The highest BCUT2D eigenvalue weighted by molar-refractivity contribution is 5.78. The summed E-state index contributed by atoms with van der Waals surface area (Å²) < 4.78 is 0. The van der Waals surface area contributed by atoms with Gasteiger partial charge >= 0.3 is 0 Å². The van der Waals surface area contributed by atoms with Crippen molar-refractivity contribution in [3.05, 3.63) is 60.2 Å². The molecule has 0 bridgehead atoms. The van der Waals surface area contributed by atoms with E-state index in [0.29, 0.717) is 16.7 Å². The Labute approximate surface area is 88.5 Å². The number of aliphatic hydroxyl groups is 1. The first-order chi connectivity index (χ1) is 7.20. The third-order valence-electron chi connectivity index (χ3n) is 2.45. The van der Waals surface area contributed by atoms with Gasteiger partial charge in [0, 0.05) is 5.56 Å². The molecule has 15 heavy (non-hydrogen) atoms. The number of aromatic hydroxyl groups is 1. The van der Waals surface area contributed by atoms with Crippen LogP contribution in [0.25, 0.3) is 5.57 Å². The molecule has 76 valence electrons. The van der Waals surface area contributed by atoms with Crippen molar-refractivity contribution in [3.63, 3.8) is 0 Å². The Morgan fingerprint density at radius 2 is 1.93 bits per heavy atom. The quantitative estimate of drug-likeness (QED) is 0.730. The first-order valence-electron chi connectivity index (χ1n) is 4.73. The number of para-hydroxylation sites is 1. The SMILES string of the molecule is C=C1C=CC=C(c2ccccc2O)C1O. The summed E-state index contributed by atoms with van der Waals surface area (Å²) in [7, 11) is 0. The minimum Gasteiger partial charge on any atom is -0.507 e. The van der Waals surface area contributed by atoms with Gasteiger partial charge in [0.15, 0.2) is 0 Å². The van der Waals surface area contributed by atoms with Crippen LogP contribution in [0.1, 0.15) is 5.56 Å². The van der Waals surface area contributed by atoms with E-state index in [0.717, 1.165) is 0 Å². The van der Waals surface area contributed by atoms with Gasteiger partial charge in [-0.1, -0.05) is 43.0 Å². The van der Waals surface area contributed by atoms with Crippen LogP contribution in [-0.4, -0.2) is 16.3 Å². The maximum atomic E-state index is 9.89. The van der Waals surface area contributed by atoms with Gasteiger partial charge in [0.2, 0.25) is 0 Å². The molecule has 1 unspecified atom stereocenters. The van der Waals surface area contributed by atoms with Gasteiger partial charge in [-0.05, 0) is 17.2 Å². The van der Waals surface area contributed by atoms with E-state index in [1.165, 1.54) is 0 Å². The zero-order valence-electron chi connectivity index (χ0n) is 8.22. The minimum absolute atomic E-state index is 0.172. The molecule has 0 amide bonds. The first-order valence-corrected chi connectivity index (χ1v) is 4.73. The summed E-state index contributed by atoms with van der Waals surface area (Å²) in [6.45, 7) is 3.74. The van der Waals surface area contributed by atoms with E-state index in [9.17, 15) is 10.2 Å². The van der Waals surface area contributed by atoms with Crippen LogP contribution in [0.2, 0.25) is 0 Å². The topological polar surface area (TPSA) is 40.5 Å². The summed E-state index contributed by atoms with van der Waals surface area (Å²) in [6.07, 6.45) is 4.63. The number of aliphatic hydroxyl groups excluding tert-OH is 1. The van der Waals surface area contributed by atoms with E-state index < -0.39 is 6.10 Å². The first kappa shape index (κ1) is 9.74. The number of rotatable bonds is 1. The van der Waals surface area contributed by atoms with Crippen molar-refractivity contribution in [2.45, 2.75) is 6.10 Å². The molecule has 0 saturated carbocycles. The summed E-state index contributed by atoms with van der Waals surface area (Å²) in [5.74, 6) is 0.172. The van der Waals surface area contributed by atoms with E-state index in [1.807, 2.05) is 12.1 Å². The summed E-state index contributed by atoms with van der Waals surface area (Å²) >= 11 is 0. The van der Waals surface area contributed by atoms with Crippen molar-refractivity contribution in [2.24, 2.45) is 0 Å². The molecule has 0 spiro atoms. The second-order valence-electron chi connectivity index (χ2n) is 3.48. The molecule has 0 saturated heterocycles. The van der Waals surface area contributed by atoms with Crippen LogP contribution < -0.4 is 0 Å². The fraction of sp³-hybridized carbons (Fsp3) is 0.0769. The molecule has 1 aliphatic carbocycles. The van der Waals surface area contributed by atoms with Crippen molar-refractivity contribution < 1.29 is 10.2 Å². The number of phenols is 1. The average molecular weight is 200 g/mol. The molecule has 0 aliphatic heterocycles. The molecular weight excluding hydrogens is 188 g/mol. The molecule has 1 atom stereocenters. The lowest BCUT2D eigenvalue weighted by Gasteiger charge is -2.19. The number of allylic oxidation sites excluding steroid dienone is 2. The second kappa shape index (κ2) is 3.75. The van der Waals surface area contributed by atoms with Crippen molar-refractivity contribution in [1.82, 2.24) is 0 Å². The van der Waals surface area contributed by atoms with Crippen molar-refractivity contribution >= 4 is 5.57 Å². The molecule has 1 aromatic carbocycles. The highest BCUT2D eigenvalue weighted by Gasteiger charge is 2.18. The van der Waals surface area contributed by atoms with Crippen LogP contribution in [0, 0.1) is 0 Å². The number of phenolic OH excluding ortho intramolecular Hbond substituents is 1. The van der Waals surface area contributed by atoms with Crippen LogP contribution in [0.3, 0.4) is 0 Å². The second-order valence-corrected chi connectivity index (χ2v) is 3.48. The molecule has 2 heteroatoms. The minimum atomic E-state index is -0.733. The smallest absolute Gasteiger partial charge is 0.123 e. The Balaban J connectivity index is 2.48. The van der Waals surface area contributed by atoms with Gasteiger partial charge in [0.25, 0.3) is 0 Å². The van der Waals surface area contributed by atoms with Gasteiger partial charge in [0.05, 0.1) is 0 Å². The maximum absolute atomic E-state index is 9.89. The highest BCUT2D eigenvalue weighted by atomic mass is 16.3. The monoisotopic (exact) mass is 200 g/mol.